The molecule has 0 aliphatic rings. The fourth-order valence-electron chi connectivity index (χ4n) is 2.16. The zero-order valence-corrected chi connectivity index (χ0v) is 14.2. The third-order valence-electron chi connectivity index (χ3n) is 3.44. The Labute approximate surface area is 141 Å². The van der Waals surface area contributed by atoms with Gasteiger partial charge in [-0.1, -0.05) is 23.7 Å². The highest BCUT2D eigenvalue weighted by Crippen LogP contribution is 2.14. The van der Waals surface area contributed by atoms with Gasteiger partial charge in [-0.15, -0.1) is 0 Å². The van der Waals surface area contributed by atoms with E-state index in [-0.39, 0.29) is 5.91 Å². The molecule has 6 heteroatoms. The first kappa shape index (κ1) is 17.5. The number of hydrogen-bond acceptors (Lipinski definition) is 3. The summed E-state index contributed by atoms with van der Waals surface area (Å²) in [5, 5.41) is 17.3. The van der Waals surface area contributed by atoms with Crippen LogP contribution in [0.5, 0.6) is 0 Å². The molecule has 0 radical (unpaired) electrons. The van der Waals surface area contributed by atoms with Gasteiger partial charge in [-0.3, -0.25) is 9.48 Å². The van der Waals surface area contributed by atoms with Crippen molar-refractivity contribution in [3.8, 4) is 0 Å². The van der Waals surface area contributed by atoms with Crippen LogP contribution in [0.1, 0.15) is 36.2 Å². The highest BCUT2D eigenvalue weighted by atomic mass is 35.5. The maximum absolute atomic E-state index is 12.2. The Balaban J connectivity index is 1.86. The van der Waals surface area contributed by atoms with E-state index in [0.29, 0.717) is 30.1 Å². The molecule has 2 aromatic rings. The smallest absolute Gasteiger partial charge is 0.251 e. The average Bonchev–Trinajstić information content (AvgIpc) is 2.90. The van der Waals surface area contributed by atoms with Crippen LogP contribution in [0.4, 0.5) is 0 Å². The van der Waals surface area contributed by atoms with E-state index in [4.69, 9.17) is 11.6 Å². The van der Waals surface area contributed by atoms with Crippen molar-refractivity contribution in [3.63, 3.8) is 0 Å². The molecule has 1 aromatic carbocycles. The molecule has 5 nitrogen and oxygen atoms in total. The fraction of sp³-hybridized carbons (Fsp3) is 0.412. The minimum atomic E-state index is -0.705. The molecule has 1 aromatic heterocycles. The molecule has 0 unspecified atom stereocenters. The molecule has 0 aliphatic carbocycles. The molecule has 124 valence electrons. The molecule has 2 rings (SSSR count). The van der Waals surface area contributed by atoms with Crippen LogP contribution in [-0.2, 0) is 13.0 Å². The van der Waals surface area contributed by atoms with E-state index in [1.807, 2.05) is 18.2 Å². The summed E-state index contributed by atoms with van der Waals surface area (Å²) in [6, 6.07) is 7.48. The van der Waals surface area contributed by atoms with Crippen LogP contribution in [0.15, 0.2) is 36.7 Å². The number of aliphatic hydroxyl groups is 1. The first-order chi connectivity index (χ1) is 10.8. The molecular weight excluding hydrogens is 314 g/mol. The van der Waals surface area contributed by atoms with E-state index < -0.39 is 5.60 Å². The highest BCUT2D eigenvalue weighted by Gasteiger charge is 2.13. The Kier molecular flexibility index (Phi) is 5.80. The maximum atomic E-state index is 12.2. The lowest BCUT2D eigenvalue weighted by Gasteiger charge is -2.16. The van der Waals surface area contributed by atoms with Gasteiger partial charge in [0, 0.05) is 18.3 Å². The standard InChI is InChI=1S/C17H22ClN3O2/c1-17(2,23)7-6-13-4-3-5-14(10-13)16(22)19-8-9-21-12-15(18)11-20-21/h3-5,10-12,23H,6-9H2,1-2H3,(H,19,22). The van der Waals surface area contributed by atoms with Gasteiger partial charge >= 0.3 is 0 Å². The molecule has 0 fully saturated rings. The number of carbonyl (C=O) groups is 1. The van der Waals surface area contributed by atoms with Crippen molar-refractivity contribution in [3.05, 3.63) is 52.8 Å². The van der Waals surface area contributed by atoms with Crippen molar-refractivity contribution >= 4 is 17.5 Å². The lowest BCUT2D eigenvalue weighted by Crippen LogP contribution is -2.27. The van der Waals surface area contributed by atoms with Gasteiger partial charge in [0.1, 0.15) is 0 Å². The molecule has 1 amide bonds. The van der Waals surface area contributed by atoms with Gasteiger partial charge in [0.2, 0.25) is 0 Å². The summed E-state index contributed by atoms with van der Waals surface area (Å²) in [4.78, 5) is 12.2. The molecular formula is C17H22ClN3O2. The fourth-order valence-corrected chi connectivity index (χ4v) is 2.32. The van der Waals surface area contributed by atoms with Crippen LogP contribution in [0, 0.1) is 0 Å². The number of nitrogens with one attached hydrogen (secondary N) is 1. The molecule has 0 atom stereocenters. The van der Waals surface area contributed by atoms with Crippen LogP contribution in [0.25, 0.3) is 0 Å². The first-order valence-electron chi connectivity index (χ1n) is 7.61. The van der Waals surface area contributed by atoms with Crippen molar-refractivity contribution < 1.29 is 9.90 Å². The van der Waals surface area contributed by atoms with Crippen molar-refractivity contribution in [2.24, 2.45) is 0 Å². The largest absolute Gasteiger partial charge is 0.390 e. The molecule has 1 heterocycles. The summed E-state index contributed by atoms with van der Waals surface area (Å²) in [6.07, 6.45) is 4.66. The van der Waals surface area contributed by atoms with Crippen molar-refractivity contribution in [2.45, 2.75) is 38.8 Å². The third kappa shape index (κ3) is 6.04. The Bertz CT molecular complexity index is 662. The molecule has 2 N–H and O–H groups in total. The van der Waals surface area contributed by atoms with E-state index in [1.165, 1.54) is 0 Å². The number of hydrogen-bond donors (Lipinski definition) is 2. The molecule has 23 heavy (non-hydrogen) atoms. The number of rotatable bonds is 7. The number of carbonyl (C=O) groups excluding carboxylic acids is 1. The van der Waals surface area contributed by atoms with E-state index in [1.54, 1.807) is 37.0 Å². The minimum absolute atomic E-state index is 0.117. The predicted octanol–water partition coefficient (Wildman–Crippen LogP) is 2.67. The summed E-state index contributed by atoms with van der Waals surface area (Å²) in [7, 11) is 0. The summed E-state index contributed by atoms with van der Waals surface area (Å²) in [6.45, 7) is 4.61. The van der Waals surface area contributed by atoms with Gasteiger partial charge in [0.05, 0.1) is 23.4 Å². The Morgan fingerprint density at radius 2 is 2.22 bits per heavy atom. The second-order valence-corrected chi connectivity index (χ2v) is 6.63. The van der Waals surface area contributed by atoms with Crippen LogP contribution in [-0.4, -0.2) is 32.9 Å². The summed E-state index contributed by atoms with van der Waals surface area (Å²) in [5.74, 6) is -0.117. The number of nitrogens with zero attached hydrogens (tertiary/aromatic N) is 2. The lowest BCUT2D eigenvalue weighted by atomic mass is 9.98. The quantitative estimate of drug-likeness (QED) is 0.817. The lowest BCUT2D eigenvalue weighted by molar-refractivity contribution is 0.0714. The summed E-state index contributed by atoms with van der Waals surface area (Å²) < 4.78 is 1.68. The zero-order chi connectivity index (χ0) is 16.9. The van der Waals surface area contributed by atoms with Gasteiger partial charge in [-0.2, -0.15) is 5.10 Å². The third-order valence-corrected chi connectivity index (χ3v) is 3.64. The summed E-state index contributed by atoms with van der Waals surface area (Å²) >= 11 is 5.79. The van der Waals surface area contributed by atoms with E-state index >= 15 is 0 Å². The van der Waals surface area contributed by atoms with Crippen molar-refractivity contribution in [2.75, 3.05) is 6.54 Å². The topological polar surface area (TPSA) is 67.2 Å². The molecule has 0 bridgehead atoms. The van der Waals surface area contributed by atoms with Gasteiger partial charge < -0.3 is 10.4 Å². The molecule has 0 spiro atoms. The first-order valence-corrected chi connectivity index (χ1v) is 7.99. The number of aryl methyl sites for hydroxylation is 1. The van der Waals surface area contributed by atoms with Crippen LogP contribution in [0.2, 0.25) is 5.02 Å². The van der Waals surface area contributed by atoms with Gasteiger partial charge in [0.15, 0.2) is 0 Å². The van der Waals surface area contributed by atoms with Gasteiger partial charge in [-0.25, -0.2) is 0 Å². The number of amides is 1. The van der Waals surface area contributed by atoms with E-state index in [9.17, 15) is 9.90 Å². The molecule has 0 aliphatic heterocycles. The Hall–Kier alpha value is -1.85. The second-order valence-electron chi connectivity index (χ2n) is 6.19. The summed E-state index contributed by atoms with van der Waals surface area (Å²) in [5.41, 5.74) is 0.957. The normalized spacial score (nSPS) is 11.5. The highest BCUT2D eigenvalue weighted by molar-refractivity contribution is 6.30. The Morgan fingerprint density at radius 1 is 1.43 bits per heavy atom. The number of halogens is 1. The van der Waals surface area contributed by atoms with Crippen LogP contribution in [0.3, 0.4) is 0 Å². The van der Waals surface area contributed by atoms with Crippen molar-refractivity contribution in [1.29, 1.82) is 0 Å². The maximum Gasteiger partial charge on any atom is 0.251 e. The van der Waals surface area contributed by atoms with Gasteiger partial charge in [0.25, 0.3) is 5.91 Å². The zero-order valence-electron chi connectivity index (χ0n) is 13.4. The van der Waals surface area contributed by atoms with Gasteiger partial charge in [-0.05, 0) is 44.4 Å². The second kappa shape index (κ2) is 7.62. The molecule has 0 saturated heterocycles. The van der Waals surface area contributed by atoms with Crippen LogP contribution >= 0.6 is 11.6 Å². The number of aromatic nitrogens is 2. The van der Waals surface area contributed by atoms with E-state index in [2.05, 4.69) is 10.4 Å². The number of benzene rings is 1. The van der Waals surface area contributed by atoms with Crippen LogP contribution < -0.4 is 5.32 Å². The Morgan fingerprint density at radius 3 is 2.87 bits per heavy atom. The average molecular weight is 336 g/mol. The SMILES string of the molecule is CC(C)(O)CCc1cccc(C(=O)NCCn2cc(Cl)cn2)c1. The predicted molar refractivity (Wildman–Crippen MR) is 90.6 cm³/mol. The molecule has 0 saturated carbocycles. The minimum Gasteiger partial charge on any atom is -0.390 e. The van der Waals surface area contributed by atoms with Crippen molar-refractivity contribution in [1.82, 2.24) is 15.1 Å². The van der Waals surface area contributed by atoms with E-state index in [0.717, 1.165) is 12.0 Å². The monoisotopic (exact) mass is 335 g/mol.